The van der Waals surface area contributed by atoms with Crippen molar-refractivity contribution in [2.75, 3.05) is 0 Å². The third kappa shape index (κ3) is 9.10. The van der Waals surface area contributed by atoms with E-state index in [1.54, 1.807) is 6.92 Å². The van der Waals surface area contributed by atoms with Crippen molar-refractivity contribution in [3.63, 3.8) is 0 Å². The fourth-order valence-electron chi connectivity index (χ4n) is 1.54. The predicted octanol–water partition coefficient (Wildman–Crippen LogP) is 1.17. The first-order valence-electron chi connectivity index (χ1n) is 6.92. The van der Waals surface area contributed by atoms with Gasteiger partial charge in [-0.25, -0.2) is 0 Å². The molecule has 23 heavy (non-hydrogen) atoms. The van der Waals surface area contributed by atoms with Gasteiger partial charge in [-0.1, -0.05) is 6.92 Å². The molecule has 0 unspecified atom stereocenters. The Morgan fingerprint density at radius 1 is 0.783 bits per heavy atom. The van der Waals surface area contributed by atoms with Crippen LogP contribution in [0.5, 0.6) is 0 Å². The minimum absolute atomic E-state index is 0.0101. The summed E-state index contributed by atoms with van der Waals surface area (Å²) in [4.78, 5) is 45.6. The molecule has 0 rings (SSSR count). The lowest BCUT2D eigenvalue weighted by Gasteiger charge is -2.31. The van der Waals surface area contributed by atoms with Crippen molar-refractivity contribution >= 4 is 41.5 Å². The van der Waals surface area contributed by atoms with Crippen molar-refractivity contribution < 1.29 is 41.0 Å². The Labute approximate surface area is 136 Å². The molecule has 0 bridgehead atoms. The van der Waals surface area contributed by atoms with Gasteiger partial charge in [0.2, 0.25) is 0 Å². The van der Waals surface area contributed by atoms with Gasteiger partial charge < -0.3 is 21.8 Å². The summed E-state index contributed by atoms with van der Waals surface area (Å²) in [5.41, 5.74) is 0. The van der Waals surface area contributed by atoms with E-state index in [9.17, 15) is 19.2 Å². The number of hydrogen-bond acceptors (Lipinski definition) is 9. The monoisotopic (exact) mass is 366 g/mol. The van der Waals surface area contributed by atoms with Crippen molar-refractivity contribution in [3.05, 3.63) is 0 Å². The minimum Gasteiger partial charge on any atom is -0.495 e. The second-order valence-corrected chi connectivity index (χ2v) is 10.4. The molecule has 0 atom stereocenters. The maximum Gasteiger partial charge on any atom is 0.890 e. The van der Waals surface area contributed by atoms with E-state index in [-0.39, 0.29) is 6.42 Å². The molecule has 0 heterocycles. The molecule has 0 spiro atoms. The van der Waals surface area contributed by atoms with Crippen LogP contribution >= 0.6 is 0 Å². The van der Waals surface area contributed by atoms with Gasteiger partial charge in [0.1, 0.15) is 0 Å². The Morgan fingerprint density at radius 2 is 1.22 bits per heavy atom. The fourth-order valence-corrected chi connectivity index (χ4v) is 6.52. The molecular weight excluding hydrogens is 344 g/mol. The maximum atomic E-state index is 11.8. The third-order valence-corrected chi connectivity index (χ3v) is 7.29. The quantitative estimate of drug-likeness (QED) is 0.584. The number of rotatable bonds is 8. The minimum atomic E-state index is -4.49. The standard InChI is InChI=1S/C12H22O9Si2/c1-7-8-12(16)20-23(18-10(3)14,19-11(4)15)21-22(5,6)17-9(2)13/h7-8H2,1-6H3. The molecule has 0 amide bonds. The highest BCUT2D eigenvalue weighted by Crippen LogP contribution is 2.21. The van der Waals surface area contributed by atoms with Crippen LogP contribution in [0.2, 0.25) is 13.1 Å². The molecule has 0 saturated heterocycles. The zero-order valence-electron chi connectivity index (χ0n) is 14.1. The Bertz CT molecular complexity index is 459. The van der Waals surface area contributed by atoms with E-state index in [1.165, 1.54) is 20.0 Å². The van der Waals surface area contributed by atoms with Gasteiger partial charge in [-0.05, 0) is 19.5 Å². The first-order chi connectivity index (χ1) is 10.4. The Hall–Kier alpha value is -1.73. The summed E-state index contributed by atoms with van der Waals surface area (Å²) < 4.78 is 25.4. The second-order valence-electron chi connectivity index (χ2n) is 5.01. The molecule has 0 aromatic carbocycles. The Kier molecular flexibility index (Phi) is 8.13. The molecule has 9 nitrogen and oxygen atoms in total. The summed E-state index contributed by atoms with van der Waals surface area (Å²) >= 11 is 0. The Balaban J connectivity index is 5.58. The molecule has 132 valence electrons. The summed E-state index contributed by atoms with van der Waals surface area (Å²) in [6.07, 6.45) is 0.477. The molecule has 0 fully saturated rings. The lowest BCUT2D eigenvalue weighted by atomic mass is 10.4. The number of hydrogen-bond donors (Lipinski definition) is 0. The van der Waals surface area contributed by atoms with Crippen LogP contribution in [-0.2, 0) is 41.0 Å². The van der Waals surface area contributed by atoms with Crippen molar-refractivity contribution in [3.8, 4) is 0 Å². The van der Waals surface area contributed by atoms with E-state index >= 15 is 0 Å². The van der Waals surface area contributed by atoms with Gasteiger partial charge in [0.25, 0.3) is 23.9 Å². The zero-order valence-corrected chi connectivity index (χ0v) is 16.1. The van der Waals surface area contributed by atoms with E-state index < -0.39 is 41.5 Å². The fraction of sp³-hybridized carbons (Fsp3) is 0.667. The topological polar surface area (TPSA) is 114 Å². The SMILES string of the molecule is CCCC(=O)O[Si](OC(C)=O)(OC(C)=O)O[Si](C)(C)OC(C)=O. The average Bonchev–Trinajstić information content (AvgIpc) is 2.22. The van der Waals surface area contributed by atoms with E-state index in [2.05, 4.69) is 0 Å². The predicted molar refractivity (Wildman–Crippen MR) is 80.6 cm³/mol. The van der Waals surface area contributed by atoms with Crippen LogP contribution in [0.15, 0.2) is 0 Å². The van der Waals surface area contributed by atoms with Crippen LogP contribution < -0.4 is 0 Å². The normalized spacial score (nSPS) is 11.4. The van der Waals surface area contributed by atoms with Gasteiger partial charge in [0, 0.05) is 27.2 Å². The lowest BCUT2D eigenvalue weighted by Crippen LogP contribution is -2.59. The van der Waals surface area contributed by atoms with E-state index in [0.29, 0.717) is 6.42 Å². The van der Waals surface area contributed by atoms with Crippen molar-refractivity contribution in [2.45, 2.75) is 53.6 Å². The van der Waals surface area contributed by atoms with Crippen molar-refractivity contribution in [2.24, 2.45) is 0 Å². The van der Waals surface area contributed by atoms with Gasteiger partial charge in [-0.3, -0.25) is 19.2 Å². The van der Waals surface area contributed by atoms with Gasteiger partial charge in [-0.15, -0.1) is 0 Å². The zero-order chi connectivity index (χ0) is 18.3. The largest absolute Gasteiger partial charge is 0.890 e. The van der Waals surface area contributed by atoms with E-state index in [0.717, 1.165) is 13.8 Å². The smallest absolute Gasteiger partial charge is 0.495 e. The van der Waals surface area contributed by atoms with Gasteiger partial charge in [0.05, 0.1) is 0 Å². The van der Waals surface area contributed by atoms with Crippen LogP contribution in [0, 0.1) is 0 Å². The van der Waals surface area contributed by atoms with E-state index in [4.69, 9.17) is 21.8 Å². The lowest BCUT2D eigenvalue weighted by molar-refractivity contribution is -0.154. The van der Waals surface area contributed by atoms with Gasteiger partial charge in [-0.2, -0.15) is 0 Å². The highest BCUT2D eigenvalue weighted by atomic mass is 28.5. The van der Waals surface area contributed by atoms with Crippen LogP contribution in [0.1, 0.15) is 40.5 Å². The molecule has 11 heteroatoms. The summed E-state index contributed by atoms with van der Waals surface area (Å²) in [5.74, 6) is -3.12. The summed E-state index contributed by atoms with van der Waals surface area (Å²) in [6, 6.07) is 0. The number of carbonyl (C=O) groups excluding carboxylic acids is 4. The van der Waals surface area contributed by atoms with Gasteiger partial charge >= 0.3 is 17.6 Å². The second kappa shape index (κ2) is 8.79. The van der Waals surface area contributed by atoms with Gasteiger partial charge in [0.15, 0.2) is 0 Å². The first-order valence-corrected chi connectivity index (χ1v) is 11.4. The third-order valence-electron chi connectivity index (χ3n) is 1.99. The summed E-state index contributed by atoms with van der Waals surface area (Å²) in [6.45, 7) is 7.90. The number of carbonyl (C=O) groups is 4. The highest BCUT2D eigenvalue weighted by molar-refractivity contribution is 6.76. The molecule has 0 aromatic rings. The molecule has 0 aromatic heterocycles. The van der Waals surface area contributed by atoms with Crippen LogP contribution in [0.4, 0.5) is 0 Å². The molecule has 0 aliphatic carbocycles. The Morgan fingerprint density at radius 3 is 1.57 bits per heavy atom. The van der Waals surface area contributed by atoms with Crippen LogP contribution in [0.25, 0.3) is 0 Å². The van der Waals surface area contributed by atoms with Crippen molar-refractivity contribution in [1.29, 1.82) is 0 Å². The molecule has 0 aliphatic rings. The van der Waals surface area contributed by atoms with Crippen molar-refractivity contribution in [1.82, 2.24) is 0 Å². The molecular formula is C12H22O9Si2. The van der Waals surface area contributed by atoms with Crippen LogP contribution in [-0.4, -0.2) is 41.5 Å². The molecule has 0 N–H and O–H groups in total. The van der Waals surface area contributed by atoms with E-state index in [1.807, 2.05) is 0 Å². The average molecular weight is 366 g/mol. The summed E-state index contributed by atoms with van der Waals surface area (Å²) in [5, 5.41) is 0. The molecule has 0 saturated carbocycles. The molecule has 0 aliphatic heterocycles. The first kappa shape index (κ1) is 21.3. The highest BCUT2D eigenvalue weighted by Gasteiger charge is 2.62. The van der Waals surface area contributed by atoms with Crippen LogP contribution in [0.3, 0.4) is 0 Å². The maximum absolute atomic E-state index is 11.8. The summed E-state index contributed by atoms with van der Waals surface area (Å²) in [7, 11) is -7.73. The molecule has 0 radical (unpaired) electrons.